The molecule has 0 unspecified atom stereocenters. The molecule has 0 radical (unpaired) electrons. The number of aliphatic carboxylic acids is 1. The second-order valence-electron chi connectivity index (χ2n) is 8.71. The van der Waals surface area contributed by atoms with Crippen LogP contribution >= 0.6 is 22.6 Å². The number of benzene rings is 1. The summed E-state index contributed by atoms with van der Waals surface area (Å²) >= 11 is 2.26. The Bertz CT molecular complexity index is 930. The molecule has 6 nitrogen and oxygen atoms in total. The first-order chi connectivity index (χ1) is 16.0. The molecule has 178 valence electrons. The van der Waals surface area contributed by atoms with Crippen LogP contribution < -0.4 is 5.32 Å². The van der Waals surface area contributed by atoms with Crippen LogP contribution in [-0.4, -0.2) is 28.5 Å². The number of hydrogen-bond acceptors (Lipinski definition) is 4. The van der Waals surface area contributed by atoms with Gasteiger partial charge >= 0.3 is 5.97 Å². The summed E-state index contributed by atoms with van der Waals surface area (Å²) in [5, 5.41) is 11.7. The van der Waals surface area contributed by atoms with Crippen molar-refractivity contribution in [2.75, 3.05) is 6.54 Å². The number of oxazole rings is 1. The van der Waals surface area contributed by atoms with E-state index in [1.807, 2.05) is 30.3 Å². The normalized spacial score (nSPS) is 14.9. The van der Waals surface area contributed by atoms with Gasteiger partial charge in [-0.2, -0.15) is 0 Å². The van der Waals surface area contributed by atoms with Gasteiger partial charge in [-0.15, -0.1) is 0 Å². The van der Waals surface area contributed by atoms with Crippen LogP contribution in [0.4, 0.5) is 0 Å². The summed E-state index contributed by atoms with van der Waals surface area (Å²) in [6.45, 7) is 0.666. The molecule has 7 heteroatoms. The molecule has 1 aromatic carbocycles. The van der Waals surface area contributed by atoms with Crippen molar-refractivity contribution < 1.29 is 19.1 Å². The monoisotopic (exact) mass is 564 g/mol. The van der Waals surface area contributed by atoms with Crippen LogP contribution in [0, 0.1) is 5.92 Å². The number of nitrogens with zero attached hydrogens (tertiary/aromatic N) is 1. The number of carbonyl (C=O) groups is 2. The fourth-order valence-electron chi connectivity index (χ4n) is 4.21. The van der Waals surface area contributed by atoms with Crippen LogP contribution in [0.15, 0.2) is 41.0 Å². The van der Waals surface area contributed by atoms with Gasteiger partial charge in [0.05, 0.1) is 0 Å². The lowest BCUT2D eigenvalue weighted by molar-refractivity contribution is -0.137. The van der Waals surface area contributed by atoms with Crippen molar-refractivity contribution in [3.8, 4) is 11.5 Å². The van der Waals surface area contributed by atoms with Crippen molar-refractivity contribution in [3.05, 3.63) is 47.9 Å². The molecule has 0 saturated heterocycles. The van der Waals surface area contributed by atoms with E-state index in [1.54, 1.807) is 0 Å². The first-order valence-corrected chi connectivity index (χ1v) is 13.0. The third kappa shape index (κ3) is 8.61. The Morgan fingerprint density at radius 3 is 2.61 bits per heavy atom. The number of rotatable bonds is 12. The zero-order valence-corrected chi connectivity index (χ0v) is 21.2. The zero-order chi connectivity index (χ0) is 23.5. The van der Waals surface area contributed by atoms with E-state index in [1.165, 1.54) is 44.8 Å². The molecule has 1 saturated carbocycles. The number of carbonyl (C=O) groups excluding carboxylic acids is 1. The van der Waals surface area contributed by atoms with Gasteiger partial charge in [0, 0.05) is 22.1 Å². The Balaban J connectivity index is 1.43. The lowest BCUT2D eigenvalue weighted by Gasteiger charge is -2.21. The van der Waals surface area contributed by atoms with Gasteiger partial charge in [-0.05, 0) is 65.5 Å². The van der Waals surface area contributed by atoms with Crippen molar-refractivity contribution in [2.24, 2.45) is 5.92 Å². The van der Waals surface area contributed by atoms with Crippen LogP contribution in [-0.2, 0) is 4.79 Å². The molecule has 1 amide bonds. The van der Waals surface area contributed by atoms with E-state index in [9.17, 15) is 9.59 Å². The van der Waals surface area contributed by atoms with E-state index >= 15 is 0 Å². The van der Waals surface area contributed by atoms with Gasteiger partial charge in [0.25, 0.3) is 5.91 Å². The third-order valence-corrected chi connectivity index (χ3v) is 7.18. The van der Waals surface area contributed by atoms with Crippen molar-refractivity contribution in [3.63, 3.8) is 0 Å². The minimum absolute atomic E-state index is 0.180. The number of carboxylic acid groups (broad SMARTS) is 1. The topological polar surface area (TPSA) is 92.4 Å². The second-order valence-corrected chi connectivity index (χ2v) is 9.87. The summed E-state index contributed by atoms with van der Waals surface area (Å²) in [4.78, 5) is 27.3. The van der Waals surface area contributed by atoms with Crippen LogP contribution in [0.3, 0.4) is 0 Å². The molecule has 1 heterocycles. The largest absolute Gasteiger partial charge is 0.481 e. The molecular formula is C26H33IN2O4. The number of halogens is 1. The van der Waals surface area contributed by atoms with E-state index < -0.39 is 5.97 Å². The molecule has 2 aromatic rings. The SMILES string of the molecule is O=C(O)CCCC=C(I)c1ccc(-c2nc(C(=O)NCCCCC3CCCCC3)co2)cc1. The molecule has 0 bridgehead atoms. The molecule has 3 rings (SSSR count). The number of carboxylic acids is 1. The standard InChI is InChI=1S/C26H33IN2O4/c27-22(11-4-5-12-24(30)31)20-13-15-21(16-14-20)26-29-23(18-33-26)25(32)28-17-7-6-10-19-8-2-1-3-9-19/h11,13-16,18-19H,1-10,12,17H2,(H,28,32)(H,30,31). The highest BCUT2D eigenvalue weighted by molar-refractivity contribution is 14.1. The molecular weight excluding hydrogens is 531 g/mol. The predicted molar refractivity (Wildman–Crippen MR) is 138 cm³/mol. The summed E-state index contributed by atoms with van der Waals surface area (Å²) < 4.78 is 6.61. The van der Waals surface area contributed by atoms with E-state index in [-0.39, 0.29) is 12.3 Å². The van der Waals surface area contributed by atoms with Crippen LogP contribution in [0.2, 0.25) is 0 Å². The molecule has 1 aliphatic rings. The number of unbranched alkanes of at least 4 members (excludes halogenated alkanes) is 2. The predicted octanol–water partition coefficient (Wildman–Crippen LogP) is 6.85. The molecule has 1 aliphatic carbocycles. The highest BCUT2D eigenvalue weighted by Crippen LogP contribution is 2.28. The third-order valence-electron chi connectivity index (χ3n) is 6.11. The van der Waals surface area contributed by atoms with Gasteiger partial charge in [-0.3, -0.25) is 9.59 Å². The van der Waals surface area contributed by atoms with Crippen molar-refractivity contribution in [2.45, 2.75) is 70.6 Å². The first kappa shape index (κ1) is 25.5. The average molecular weight is 564 g/mol. The molecule has 0 spiro atoms. The van der Waals surface area contributed by atoms with Gasteiger partial charge in [0.1, 0.15) is 6.26 Å². The Labute approximate surface area is 209 Å². The first-order valence-electron chi connectivity index (χ1n) is 11.9. The van der Waals surface area contributed by atoms with Crippen molar-refractivity contribution >= 4 is 38.0 Å². The molecule has 1 fully saturated rings. The van der Waals surface area contributed by atoms with Crippen LogP contribution in [0.25, 0.3) is 15.0 Å². The lowest BCUT2D eigenvalue weighted by Crippen LogP contribution is -2.24. The number of hydrogen-bond donors (Lipinski definition) is 2. The maximum Gasteiger partial charge on any atom is 0.303 e. The van der Waals surface area contributed by atoms with Gasteiger partial charge in [0.2, 0.25) is 5.89 Å². The zero-order valence-electron chi connectivity index (χ0n) is 19.0. The van der Waals surface area contributed by atoms with E-state index in [4.69, 9.17) is 9.52 Å². The Morgan fingerprint density at radius 1 is 1.12 bits per heavy atom. The lowest BCUT2D eigenvalue weighted by atomic mass is 9.86. The minimum atomic E-state index is -0.767. The second kappa shape index (κ2) is 13.5. The van der Waals surface area contributed by atoms with Crippen LogP contribution in [0.5, 0.6) is 0 Å². The van der Waals surface area contributed by atoms with E-state index in [0.29, 0.717) is 24.6 Å². The van der Waals surface area contributed by atoms with E-state index in [2.05, 4.69) is 32.9 Å². The van der Waals surface area contributed by atoms with Crippen molar-refractivity contribution in [1.82, 2.24) is 10.3 Å². The Morgan fingerprint density at radius 2 is 1.88 bits per heavy atom. The summed E-state index contributed by atoms with van der Waals surface area (Å²) in [5.74, 6) is 0.341. The van der Waals surface area contributed by atoms with Crippen LogP contribution in [0.1, 0.15) is 86.7 Å². The fourth-order valence-corrected chi connectivity index (χ4v) is 4.88. The van der Waals surface area contributed by atoms with Crippen molar-refractivity contribution in [1.29, 1.82) is 0 Å². The number of allylic oxidation sites excluding steroid dienone is 1. The van der Waals surface area contributed by atoms with E-state index in [0.717, 1.165) is 39.9 Å². The maximum absolute atomic E-state index is 12.4. The molecule has 33 heavy (non-hydrogen) atoms. The van der Waals surface area contributed by atoms with Gasteiger partial charge < -0.3 is 14.8 Å². The summed E-state index contributed by atoms with van der Waals surface area (Å²) in [5.41, 5.74) is 2.15. The Hall–Kier alpha value is -2.16. The highest BCUT2D eigenvalue weighted by Gasteiger charge is 2.15. The summed E-state index contributed by atoms with van der Waals surface area (Å²) in [6, 6.07) is 7.78. The molecule has 1 aromatic heterocycles. The fraction of sp³-hybridized carbons (Fsp3) is 0.500. The summed E-state index contributed by atoms with van der Waals surface area (Å²) in [7, 11) is 0. The molecule has 0 atom stereocenters. The van der Waals surface area contributed by atoms with Gasteiger partial charge in [-0.1, -0.05) is 63.2 Å². The van der Waals surface area contributed by atoms with Gasteiger partial charge in [0.15, 0.2) is 5.69 Å². The average Bonchev–Trinajstić information content (AvgIpc) is 3.32. The maximum atomic E-state index is 12.4. The number of aromatic nitrogens is 1. The summed E-state index contributed by atoms with van der Waals surface area (Å²) in [6.07, 6.45) is 15.3. The molecule has 0 aliphatic heterocycles. The van der Waals surface area contributed by atoms with Gasteiger partial charge in [-0.25, -0.2) is 4.98 Å². The Kier molecular flexibility index (Phi) is 10.4. The minimum Gasteiger partial charge on any atom is -0.481 e. The molecule has 2 N–H and O–H groups in total. The quantitative estimate of drug-likeness (QED) is 0.217. The number of amides is 1. The highest BCUT2D eigenvalue weighted by atomic mass is 127. The number of nitrogens with one attached hydrogen (secondary N) is 1. The smallest absolute Gasteiger partial charge is 0.303 e.